The number of phenols is 2. The summed E-state index contributed by atoms with van der Waals surface area (Å²) in [6, 6.07) is 4.77. The van der Waals surface area contributed by atoms with Crippen molar-refractivity contribution in [2.45, 2.75) is 45.8 Å². The summed E-state index contributed by atoms with van der Waals surface area (Å²) >= 11 is 0. The Morgan fingerprint density at radius 2 is 1.68 bits per heavy atom. The molecule has 19 heavy (non-hydrogen) atoms. The second kappa shape index (κ2) is 8.02. The molecular formula is C15H25NO3. The highest BCUT2D eigenvalue weighted by atomic mass is 16.5. The average molecular weight is 267 g/mol. The molecule has 1 aromatic rings. The quantitative estimate of drug-likeness (QED) is 0.634. The van der Waals surface area contributed by atoms with Crippen molar-refractivity contribution in [3.8, 4) is 11.5 Å². The van der Waals surface area contributed by atoms with Crippen LogP contribution < -0.4 is 5.32 Å². The zero-order chi connectivity index (χ0) is 14.3. The molecular weight excluding hydrogens is 242 g/mol. The summed E-state index contributed by atoms with van der Waals surface area (Å²) in [4.78, 5) is 0. The van der Waals surface area contributed by atoms with Gasteiger partial charge in [0.05, 0.1) is 6.10 Å². The van der Waals surface area contributed by atoms with E-state index in [4.69, 9.17) is 4.74 Å². The molecule has 0 saturated heterocycles. The fourth-order valence-corrected chi connectivity index (χ4v) is 1.85. The molecule has 0 aliphatic rings. The minimum Gasteiger partial charge on any atom is -0.508 e. The van der Waals surface area contributed by atoms with E-state index in [-0.39, 0.29) is 17.5 Å². The largest absolute Gasteiger partial charge is 0.508 e. The molecule has 1 aromatic carbocycles. The number of ether oxygens (including phenoxy) is 1. The lowest BCUT2D eigenvalue weighted by Crippen LogP contribution is -2.20. The van der Waals surface area contributed by atoms with Crippen LogP contribution in [0.3, 0.4) is 0 Å². The van der Waals surface area contributed by atoms with E-state index in [9.17, 15) is 10.2 Å². The number of hydrogen-bond donors (Lipinski definition) is 3. The van der Waals surface area contributed by atoms with Crippen molar-refractivity contribution in [2.75, 3.05) is 13.2 Å². The molecule has 3 N–H and O–H groups in total. The van der Waals surface area contributed by atoms with Gasteiger partial charge in [0, 0.05) is 18.7 Å². The molecule has 1 atom stereocenters. The van der Waals surface area contributed by atoms with E-state index in [0.29, 0.717) is 6.10 Å². The Morgan fingerprint density at radius 1 is 1.05 bits per heavy atom. The highest BCUT2D eigenvalue weighted by molar-refractivity contribution is 5.37. The highest BCUT2D eigenvalue weighted by Gasteiger charge is 2.07. The zero-order valence-electron chi connectivity index (χ0n) is 12.0. The van der Waals surface area contributed by atoms with Crippen LogP contribution in [0.1, 0.15) is 45.2 Å². The summed E-state index contributed by atoms with van der Waals surface area (Å²) in [5.41, 5.74) is 0.885. The Labute approximate surface area is 115 Å². The standard InChI is InChI=1S/C15H25NO3/c1-11(2)19-7-5-4-6-16-12(3)13-8-14(17)10-15(18)9-13/h8-12,16-18H,4-7H2,1-3H3. The van der Waals surface area contributed by atoms with Crippen LogP contribution in [0.4, 0.5) is 0 Å². The molecule has 0 spiro atoms. The van der Waals surface area contributed by atoms with Gasteiger partial charge in [-0.2, -0.15) is 0 Å². The Hall–Kier alpha value is -1.26. The third kappa shape index (κ3) is 6.45. The molecule has 0 fully saturated rings. The predicted molar refractivity (Wildman–Crippen MR) is 76.5 cm³/mol. The van der Waals surface area contributed by atoms with Gasteiger partial charge in [-0.1, -0.05) is 0 Å². The van der Waals surface area contributed by atoms with Gasteiger partial charge in [-0.25, -0.2) is 0 Å². The summed E-state index contributed by atoms with van der Waals surface area (Å²) in [6.45, 7) is 7.77. The Morgan fingerprint density at radius 3 is 2.26 bits per heavy atom. The van der Waals surface area contributed by atoms with E-state index >= 15 is 0 Å². The van der Waals surface area contributed by atoms with E-state index in [2.05, 4.69) is 5.32 Å². The first-order valence-corrected chi connectivity index (χ1v) is 6.87. The van der Waals surface area contributed by atoms with Crippen molar-refractivity contribution in [2.24, 2.45) is 0 Å². The summed E-state index contributed by atoms with van der Waals surface area (Å²) in [7, 11) is 0. The molecule has 0 aromatic heterocycles. The minimum atomic E-state index is 0.0917. The summed E-state index contributed by atoms with van der Waals surface area (Å²) in [5.74, 6) is 0.183. The van der Waals surface area contributed by atoms with Crippen LogP contribution >= 0.6 is 0 Å². The molecule has 4 heteroatoms. The van der Waals surface area contributed by atoms with Gasteiger partial charge >= 0.3 is 0 Å². The van der Waals surface area contributed by atoms with Gasteiger partial charge in [0.1, 0.15) is 11.5 Å². The van der Waals surface area contributed by atoms with E-state index in [1.54, 1.807) is 12.1 Å². The Balaban J connectivity index is 2.25. The molecule has 0 bridgehead atoms. The topological polar surface area (TPSA) is 61.7 Å². The number of nitrogens with one attached hydrogen (secondary N) is 1. The van der Waals surface area contributed by atoms with E-state index in [1.807, 2.05) is 20.8 Å². The molecule has 4 nitrogen and oxygen atoms in total. The fourth-order valence-electron chi connectivity index (χ4n) is 1.85. The van der Waals surface area contributed by atoms with Crippen LogP contribution in [0.15, 0.2) is 18.2 Å². The third-order valence-electron chi connectivity index (χ3n) is 2.90. The maximum Gasteiger partial charge on any atom is 0.119 e. The van der Waals surface area contributed by atoms with Crippen molar-refractivity contribution in [1.82, 2.24) is 5.32 Å². The van der Waals surface area contributed by atoms with Crippen molar-refractivity contribution < 1.29 is 14.9 Å². The molecule has 0 saturated carbocycles. The third-order valence-corrected chi connectivity index (χ3v) is 2.90. The number of aromatic hydroxyl groups is 2. The van der Waals surface area contributed by atoms with Gasteiger partial charge in [-0.3, -0.25) is 0 Å². The van der Waals surface area contributed by atoms with Crippen LogP contribution in [0.5, 0.6) is 11.5 Å². The molecule has 1 unspecified atom stereocenters. The number of unbranched alkanes of at least 4 members (excludes halogenated alkanes) is 1. The lowest BCUT2D eigenvalue weighted by Gasteiger charge is -2.15. The maximum atomic E-state index is 9.43. The summed E-state index contributed by atoms with van der Waals surface area (Å²) < 4.78 is 5.47. The van der Waals surface area contributed by atoms with Gasteiger partial charge in [-0.05, 0) is 57.9 Å². The van der Waals surface area contributed by atoms with Gasteiger partial charge in [0.25, 0.3) is 0 Å². The lowest BCUT2D eigenvalue weighted by atomic mass is 10.1. The average Bonchev–Trinajstić information content (AvgIpc) is 2.31. The number of benzene rings is 1. The van der Waals surface area contributed by atoms with Gasteiger partial charge in [0.15, 0.2) is 0 Å². The molecule has 0 aliphatic heterocycles. The predicted octanol–water partition coefficient (Wildman–Crippen LogP) is 2.95. The normalized spacial score (nSPS) is 12.8. The van der Waals surface area contributed by atoms with Gasteiger partial charge in [-0.15, -0.1) is 0 Å². The first-order valence-electron chi connectivity index (χ1n) is 6.87. The smallest absolute Gasteiger partial charge is 0.119 e. The fraction of sp³-hybridized carbons (Fsp3) is 0.600. The van der Waals surface area contributed by atoms with Crippen LogP contribution in [0, 0.1) is 0 Å². The van der Waals surface area contributed by atoms with Gasteiger partial charge in [0.2, 0.25) is 0 Å². The number of phenolic OH excluding ortho intramolecular Hbond substituents is 2. The van der Waals surface area contributed by atoms with E-state index in [0.717, 1.165) is 31.6 Å². The SMILES string of the molecule is CC(C)OCCCCNC(C)c1cc(O)cc(O)c1. The first kappa shape index (κ1) is 15.8. The van der Waals surface area contributed by atoms with Crippen LogP contribution in [-0.4, -0.2) is 29.5 Å². The summed E-state index contributed by atoms with van der Waals surface area (Å²) in [6.07, 6.45) is 2.37. The number of rotatable bonds is 8. The van der Waals surface area contributed by atoms with Gasteiger partial charge < -0.3 is 20.3 Å². The molecule has 0 heterocycles. The molecule has 108 valence electrons. The van der Waals surface area contributed by atoms with E-state index in [1.165, 1.54) is 6.07 Å². The lowest BCUT2D eigenvalue weighted by molar-refractivity contribution is 0.0759. The van der Waals surface area contributed by atoms with Crippen molar-refractivity contribution >= 4 is 0 Å². The second-order valence-corrected chi connectivity index (χ2v) is 5.09. The summed E-state index contributed by atoms with van der Waals surface area (Å²) in [5, 5.41) is 22.2. The van der Waals surface area contributed by atoms with Crippen LogP contribution in [0.25, 0.3) is 0 Å². The van der Waals surface area contributed by atoms with Crippen LogP contribution in [0.2, 0.25) is 0 Å². The minimum absolute atomic E-state index is 0.0917. The maximum absolute atomic E-state index is 9.43. The second-order valence-electron chi connectivity index (χ2n) is 5.09. The van der Waals surface area contributed by atoms with Crippen molar-refractivity contribution in [3.63, 3.8) is 0 Å². The van der Waals surface area contributed by atoms with Crippen LogP contribution in [-0.2, 0) is 4.74 Å². The van der Waals surface area contributed by atoms with Crippen molar-refractivity contribution in [1.29, 1.82) is 0 Å². The Kier molecular flexibility index (Phi) is 6.67. The molecule has 0 aliphatic carbocycles. The molecule has 0 amide bonds. The monoisotopic (exact) mass is 267 g/mol. The number of hydrogen-bond acceptors (Lipinski definition) is 4. The zero-order valence-corrected chi connectivity index (χ0v) is 12.0. The highest BCUT2D eigenvalue weighted by Crippen LogP contribution is 2.24. The Bertz CT molecular complexity index is 359. The van der Waals surface area contributed by atoms with E-state index < -0.39 is 0 Å². The molecule has 0 radical (unpaired) electrons. The first-order chi connectivity index (χ1) is 8.99. The van der Waals surface area contributed by atoms with Crippen molar-refractivity contribution in [3.05, 3.63) is 23.8 Å². The molecule has 1 rings (SSSR count).